The molecular formula is C19H19ClFN7. The number of likely N-dealkylation sites (tertiary alicyclic amines) is 1. The van der Waals surface area contributed by atoms with Crippen LogP contribution in [0.3, 0.4) is 0 Å². The van der Waals surface area contributed by atoms with Crippen molar-refractivity contribution in [3.05, 3.63) is 41.6 Å². The van der Waals surface area contributed by atoms with Crippen molar-refractivity contribution in [2.75, 3.05) is 43.4 Å². The van der Waals surface area contributed by atoms with E-state index in [1.165, 1.54) is 18.5 Å². The smallest absolute Gasteiger partial charge is 0.226 e. The third-order valence-electron chi connectivity index (χ3n) is 5.48. The molecule has 28 heavy (non-hydrogen) atoms. The molecule has 144 valence electrons. The molecule has 5 rings (SSSR count). The number of hydrogen-bond acceptors (Lipinski definition) is 7. The molecular weight excluding hydrogens is 381 g/mol. The Morgan fingerprint density at radius 2 is 2.04 bits per heavy atom. The van der Waals surface area contributed by atoms with Crippen LogP contribution in [0.5, 0.6) is 0 Å². The van der Waals surface area contributed by atoms with Crippen molar-refractivity contribution in [2.45, 2.75) is 6.42 Å². The highest BCUT2D eigenvalue weighted by molar-refractivity contribution is 6.31. The van der Waals surface area contributed by atoms with Crippen molar-refractivity contribution in [2.24, 2.45) is 5.41 Å². The highest BCUT2D eigenvalue weighted by atomic mass is 35.5. The Kier molecular flexibility index (Phi) is 4.06. The Balaban J connectivity index is 1.45. The van der Waals surface area contributed by atoms with Gasteiger partial charge in [-0.05, 0) is 31.7 Å². The molecule has 1 aromatic carbocycles. The summed E-state index contributed by atoms with van der Waals surface area (Å²) in [6.45, 7) is 4.16. The lowest BCUT2D eigenvalue weighted by molar-refractivity contribution is 0.0424. The van der Waals surface area contributed by atoms with Gasteiger partial charge in [-0.2, -0.15) is 0 Å². The molecule has 3 aromatic rings. The Hall–Kier alpha value is -2.58. The number of halogens is 2. The first-order valence-electron chi connectivity index (χ1n) is 9.15. The highest BCUT2D eigenvalue weighted by Gasteiger charge is 2.46. The van der Waals surface area contributed by atoms with Gasteiger partial charge in [0.25, 0.3) is 0 Å². The van der Waals surface area contributed by atoms with E-state index in [2.05, 4.69) is 37.1 Å². The molecule has 2 aliphatic rings. The molecule has 1 spiro atoms. The lowest BCUT2D eigenvalue weighted by atomic mass is 9.79. The molecule has 7 nitrogen and oxygen atoms in total. The summed E-state index contributed by atoms with van der Waals surface area (Å²) in [5.74, 6) is 0.761. The topological polar surface area (TPSA) is 70.1 Å². The molecule has 0 saturated carbocycles. The van der Waals surface area contributed by atoms with Gasteiger partial charge in [-0.3, -0.25) is 0 Å². The van der Waals surface area contributed by atoms with Crippen LogP contribution in [0.1, 0.15) is 6.42 Å². The van der Waals surface area contributed by atoms with Crippen molar-refractivity contribution < 1.29 is 4.39 Å². The van der Waals surface area contributed by atoms with Gasteiger partial charge >= 0.3 is 0 Å². The van der Waals surface area contributed by atoms with Crippen LogP contribution in [-0.4, -0.2) is 58.1 Å². The van der Waals surface area contributed by atoms with Gasteiger partial charge < -0.3 is 15.1 Å². The Morgan fingerprint density at radius 3 is 2.82 bits per heavy atom. The molecule has 0 bridgehead atoms. The minimum atomic E-state index is -0.464. The standard InChI is InChI=1S/C19H19ClFN7/c1-27-8-19(9-27)4-5-28(10-19)18-22-7-15-16(26-18)17(24-11-23-15)25-12-2-3-14(21)13(20)6-12/h2-3,6-7,11H,4-5,8-10H2,1H3,(H,23,24,25). The molecule has 0 unspecified atom stereocenters. The van der Waals surface area contributed by atoms with Gasteiger partial charge in [-0.1, -0.05) is 11.6 Å². The number of benzene rings is 1. The van der Waals surface area contributed by atoms with Gasteiger partial charge in [-0.25, -0.2) is 24.3 Å². The lowest BCUT2D eigenvalue weighted by Gasteiger charge is -2.46. The zero-order chi connectivity index (χ0) is 19.3. The zero-order valence-corrected chi connectivity index (χ0v) is 16.1. The van der Waals surface area contributed by atoms with E-state index in [-0.39, 0.29) is 5.02 Å². The van der Waals surface area contributed by atoms with Gasteiger partial charge in [0.1, 0.15) is 23.2 Å². The Bertz CT molecular complexity index is 1050. The normalized spacial score (nSPS) is 18.6. The second-order valence-electron chi connectivity index (χ2n) is 7.72. The summed E-state index contributed by atoms with van der Waals surface area (Å²) < 4.78 is 13.4. The fourth-order valence-corrected chi connectivity index (χ4v) is 4.44. The summed E-state index contributed by atoms with van der Waals surface area (Å²) in [6, 6.07) is 4.44. The van der Waals surface area contributed by atoms with Crippen molar-refractivity contribution in [1.29, 1.82) is 0 Å². The van der Waals surface area contributed by atoms with Gasteiger partial charge in [-0.15, -0.1) is 0 Å². The Morgan fingerprint density at radius 1 is 1.18 bits per heavy atom. The van der Waals surface area contributed by atoms with Crippen LogP contribution in [0.4, 0.5) is 21.8 Å². The van der Waals surface area contributed by atoms with Gasteiger partial charge in [0, 0.05) is 37.3 Å². The minimum Gasteiger partial charge on any atom is -0.340 e. The third-order valence-corrected chi connectivity index (χ3v) is 5.77. The van der Waals surface area contributed by atoms with E-state index in [1.807, 2.05) is 0 Å². The number of fused-ring (bicyclic) bond motifs is 1. The molecule has 2 saturated heterocycles. The first kappa shape index (κ1) is 17.5. The van der Waals surface area contributed by atoms with Crippen molar-refractivity contribution in [3.63, 3.8) is 0 Å². The molecule has 2 aromatic heterocycles. The van der Waals surface area contributed by atoms with E-state index in [9.17, 15) is 4.39 Å². The molecule has 0 aliphatic carbocycles. The molecule has 0 atom stereocenters. The molecule has 4 heterocycles. The first-order chi connectivity index (χ1) is 13.5. The second-order valence-corrected chi connectivity index (χ2v) is 8.13. The summed E-state index contributed by atoms with van der Waals surface area (Å²) in [6.07, 6.45) is 4.33. The van der Waals surface area contributed by atoms with Crippen LogP contribution >= 0.6 is 11.6 Å². The van der Waals surface area contributed by atoms with E-state index in [1.54, 1.807) is 12.3 Å². The predicted molar refractivity (Wildman–Crippen MR) is 107 cm³/mol. The molecule has 1 N–H and O–H groups in total. The summed E-state index contributed by atoms with van der Waals surface area (Å²) in [4.78, 5) is 22.4. The maximum atomic E-state index is 13.4. The van der Waals surface area contributed by atoms with Crippen molar-refractivity contribution in [1.82, 2.24) is 24.8 Å². The number of anilines is 3. The molecule has 2 fully saturated rings. The Labute approximate surface area is 166 Å². The maximum Gasteiger partial charge on any atom is 0.226 e. The first-order valence-corrected chi connectivity index (χ1v) is 9.53. The number of nitrogens with zero attached hydrogens (tertiary/aromatic N) is 6. The van der Waals surface area contributed by atoms with Crippen LogP contribution in [0.25, 0.3) is 11.0 Å². The summed E-state index contributed by atoms with van der Waals surface area (Å²) in [7, 11) is 2.15. The van der Waals surface area contributed by atoms with E-state index in [0.717, 1.165) is 32.6 Å². The van der Waals surface area contributed by atoms with Gasteiger partial charge in [0.05, 0.1) is 11.2 Å². The summed E-state index contributed by atoms with van der Waals surface area (Å²) in [5, 5.41) is 3.21. The van der Waals surface area contributed by atoms with E-state index >= 15 is 0 Å². The third kappa shape index (κ3) is 3.02. The molecule has 0 radical (unpaired) electrons. The molecule has 9 heteroatoms. The molecule has 2 aliphatic heterocycles. The summed E-state index contributed by atoms with van der Waals surface area (Å²) in [5.41, 5.74) is 2.27. The van der Waals surface area contributed by atoms with E-state index in [4.69, 9.17) is 16.6 Å². The molecule has 0 amide bonds. The number of nitrogens with one attached hydrogen (secondary N) is 1. The predicted octanol–water partition coefficient (Wildman–Crippen LogP) is 3.10. The largest absolute Gasteiger partial charge is 0.340 e. The maximum absolute atomic E-state index is 13.4. The number of aromatic nitrogens is 4. The number of rotatable bonds is 3. The monoisotopic (exact) mass is 399 g/mol. The van der Waals surface area contributed by atoms with Crippen LogP contribution in [0.2, 0.25) is 5.02 Å². The van der Waals surface area contributed by atoms with Crippen LogP contribution in [-0.2, 0) is 0 Å². The minimum absolute atomic E-state index is 0.0477. The van der Waals surface area contributed by atoms with Crippen molar-refractivity contribution in [3.8, 4) is 0 Å². The van der Waals surface area contributed by atoms with E-state index < -0.39 is 5.82 Å². The van der Waals surface area contributed by atoms with Crippen LogP contribution in [0, 0.1) is 11.2 Å². The van der Waals surface area contributed by atoms with Crippen LogP contribution in [0.15, 0.2) is 30.7 Å². The van der Waals surface area contributed by atoms with Crippen molar-refractivity contribution >= 4 is 40.1 Å². The highest BCUT2D eigenvalue weighted by Crippen LogP contribution is 2.39. The fourth-order valence-electron chi connectivity index (χ4n) is 4.26. The summed E-state index contributed by atoms with van der Waals surface area (Å²) >= 11 is 5.88. The fraction of sp³-hybridized carbons (Fsp3) is 0.368. The average Bonchev–Trinajstić information content (AvgIpc) is 3.10. The van der Waals surface area contributed by atoms with Crippen LogP contribution < -0.4 is 10.2 Å². The van der Waals surface area contributed by atoms with Gasteiger partial charge in [0.2, 0.25) is 5.95 Å². The lowest BCUT2D eigenvalue weighted by Crippen LogP contribution is -2.55. The number of hydrogen-bond donors (Lipinski definition) is 1. The zero-order valence-electron chi connectivity index (χ0n) is 15.4. The SMILES string of the molecule is CN1CC2(CCN(c3ncc4ncnc(Nc5ccc(F)c(Cl)c5)c4n3)C2)C1. The van der Waals surface area contributed by atoms with Gasteiger partial charge in [0.15, 0.2) is 5.82 Å². The van der Waals surface area contributed by atoms with E-state index in [0.29, 0.717) is 33.9 Å². The quantitative estimate of drug-likeness (QED) is 0.725. The second kappa shape index (κ2) is 6.49. The average molecular weight is 400 g/mol.